The van der Waals surface area contributed by atoms with Gasteiger partial charge in [-0.15, -0.1) is 5.10 Å². The Hall–Kier alpha value is -3.97. The molecule has 1 aliphatic heterocycles. The van der Waals surface area contributed by atoms with Crippen LogP contribution < -0.4 is 10.2 Å². The number of nitrogens with zero attached hydrogens (tertiary/aromatic N) is 4. The Morgan fingerprint density at radius 2 is 1.47 bits per heavy atom. The zero-order valence-electron chi connectivity index (χ0n) is 17.5. The minimum Gasteiger partial charge on any atom is -0.378 e. The van der Waals surface area contributed by atoms with Crippen molar-refractivity contribution in [3.8, 4) is 17.1 Å². The van der Waals surface area contributed by atoms with Crippen molar-refractivity contribution in [2.75, 3.05) is 36.5 Å². The second-order valence-electron chi connectivity index (χ2n) is 7.47. The molecule has 1 amide bonds. The third-order valence-corrected chi connectivity index (χ3v) is 5.34. The van der Waals surface area contributed by atoms with Crippen molar-refractivity contribution >= 4 is 17.3 Å². The van der Waals surface area contributed by atoms with Crippen molar-refractivity contribution in [3.63, 3.8) is 0 Å². The predicted molar refractivity (Wildman–Crippen MR) is 124 cm³/mol. The molecule has 3 aromatic carbocycles. The maximum Gasteiger partial charge on any atom is 0.295 e. The van der Waals surface area contributed by atoms with Gasteiger partial charge in [0.1, 0.15) is 0 Å². The molecule has 0 aliphatic carbocycles. The first-order chi connectivity index (χ1) is 15.8. The van der Waals surface area contributed by atoms with Crippen LogP contribution in [0.2, 0.25) is 0 Å². The van der Waals surface area contributed by atoms with Gasteiger partial charge in [-0.1, -0.05) is 48.5 Å². The monoisotopic (exact) mass is 425 g/mol. The van der Waals surface area contributed by atoms with Gasteiger partial charge in [-0.2, -0.15) is 0 Å². The van der Waals surface area contributed by atoms with E-state index in [2.05, 4.69) is 20.3 Å². The molecule has 0 saturated carbocycles. The highest BCUT2D eigenvalue weighted by Gasteiger charge is 2.19. The van der Waals surface area contributed by atoms with Crippen LogP contribution in [-0.2, 0) is 4.74 Å². The Kier molecular flexibility index (Phi) is 5.63. The molecule has 160 valence electrons. The fourth-order valence-electron chi connectivity index (χ4n) is 3.70. The molecule has 2 heterocycles. The maximum atomic E-state index is 13.0. The standard InChI is InChI=1S/C25H23N5O2/c31-25(26-20-11-13-21(14-12-20)29-15-17-32-18-16-29)23-27-24(19-7-3-1-4-8-19)30(28-23)22-9-5-2-6-10-22/h1-14H,15-18H2,(H,26,31). The highest BCUT2D eigenvalue weighted by atomic mass is 16.5. The van der Waals surface area contributed by atoms with Crippen LogP contribution >= 0.6 is 0 Å². The summed E-state index contributed by atoms with van der Waals surface area (Å²) in [5, 5.41) is 7.43. The summed E-state index contributed by atoms with van der Waals surface area (Å²) in [7, 11) is 0. The number of benzene rings is 3. The second-order valence-corrected chi connectivity index (χ2v) is 7.47. The van der Waals surface area contributed by atoms with Crippen LogP contribution in [0, 0.1) is 0 Å². The molecule has 7 heteroatoms. The van der Waals surface area contributed by atoms with Crippen molar-refractivity contribution < 1.29 is 9.53 Å². The molecule has 1 fully saturated rings. The Labute approximate surface area is 186 Å². The zero-order valence-corrected chi connectivity index (χ0v) is 17.5. The molecule has 1 N–H and O–H groups in total. The Bertz CT molecular complexity index is 1130. The van der Waals surface area contributed by atoms with Gasteiger partial charge in [0.2, 0.25) is 5.82 Å². The van der Waals surface area contributed by atoms with Crippen LogP contribution in [0.1, 0.15) is 10.6 Å². The molecule has 7 nitrogen and oxygen atoms in total. The highest BCUT2D eigenvalue weighted by Crippen LogP contribution is 2.22. The third kappa shape index (κ3) is 4.24. The summed E-state index contributed by atoms with van der Waals surface area (Å²) in [6, 6.07) is 27.2. The molecule has 0 unspecified atom stereocenters. The lowest BCUT2D eigenvalue weighted by Gasteiger charge is -2.28. The smallest absolute Gasteiger partial charge is 0.295 e. The fraction of sp³-hybridized carbons (Fsp3) is 0.160. The van der Waals surface area contributed by atoms with E-state index in [9.17, 15) is 4.79 Å². The summed E-state index contributed by atoms with van der Waals surface area (Å²) in [6.45, 7) is 3.21. The van der Waals surface area contributed by atoms with E-state index < -0.39 is 0 Å². The summed E-state index contributed by atoms with van der Waals surface area (Å²) in [4.78, 5) is 19.8. The first kappa shape index (κ1) is 20.0. The van der Waals surface area contributed by atoms with E-state index in [1.807, 2.05) is 84.9 Å². The van der Waals surface area contributed by atoms with E-state index in [0.717, 1.165) is 43.2 Å². The minimum absolute atomic E-state index is 0.116. The van der Waals surface area contributed by atoms with Gasteiger partial charge in [0, 0.05) is 30.0 Å². The average Bonchev–Trinajstić information content (AvgIpc) is 3.32. The van der Waals surface area contributed by atoms with Crippen molar-refractivity contribution in [3.05, 3.63) is 90.8 Å². The van der Waals surface area contributed by atoms with Crippen LogP contribution in [0.15, 0.2) is 84.9 Å². The van der Waals surface area contributed by atoms with Crippen molar-refractivity contribution in [1.29, 1.82) is 0 Å². The largest absolute Gasteiger partial charge is 0.378 e. The molecule has 0 bridgehead atoms. The van der Waals surface area contributed by atoms with Gasteiger partial charge in [0.05, 0.1) is 18.9 Å². The number of morpholine rings is 1. The molecule has 0 spiro atoms. The Morgan fingerprint density at radius 3 is 2.16 bits per heavy atom. The van der Waals surface area contributed by atoms with Crippen LogP contribution in [0.5, 0.6) is 0 Å². The van der Waals surface area contributed by atoms with Crippen LogP contribution in [0.3, 0.4) is 0 Å². The van der Waals surface area contributed by atoms with Crippen LogP contribution in [0.25, 0.3) is 17.1 Å². The number of para-hydroxylation sites is 1. The second kappa shape index (κ2) is 9.03. The number of aromatic nitrogens is 3. The summed E-state index contributed by atoms with van der Waals surface area (Å²) < 4.78 is 7.11. The van der Waals surface area contributed by atoms with E-state index in [0.29, 0.717) is 11.5 Å². The topological polar surface area (TPSA) is 72.3 Å². The van der Waals surface area contributed by atoms with Gasteiger partial charge in [0.15, 0.2) is 5.82 Å². The number of anilines is 2. The molecule has 0 atom stereocenters. The molecule has 0 radical (unpaired) electrons. The molecule has 1 saturated heterocycles. The van der Waals surface area contributed by atoms with Gasteiger partial charge >= 0.3 is 0 Å². The zero-order chi connectivity index (χ0) is 21.8. The number of carbonyl (C=O) groups is 1. The number of rotatable bonds is 5. The lowest BCUT2D eigenvalue weighted by atomic mass is 10.2. The number of amides is 1. The van der Waals surface area contributed by atoms with Gasteiger partial charge in [-0.3, -0.25) is 4.79 Å². The third-order valence-electron chi connectivity index (χ3n) is 5.34. The number of carbonyl (C=O) groups excluding carboxylic acids is 1. The molecular formula is C25H23N5O2. The first-order valence-electron chi connectivity index (χ1n) is 10.6. The molecule has 1 aliphatic rings. The van der Waals surface area contributed by atoms with Crippen LogP contribution in [0.4, 0.5) is 11.4 Å². The number of hydrogen-bond donors (Lipinski definition) is 1. The number of hydrogen-bond acceptors (Lipinski definition) is 5. The lowest BCUT2D eigenvalue weighted by molar-refractivity contribution is 0.101. The van der Waals surface area contributed by atoms with Gasteiger partial charge in [-0.05, 0) is 36.4 Å². The van der Waals surface area contributed by atoms with Crippen LogP contribution in [-0.4, -0.2) is 47.0 Å². The van der Waals surface area contributed by atoms with Gasteiger partial charge in [0.25, 0.3) is 5.91 Å². The molecule has 5 rings (SSSR count). The minimum atomic E-state index is -0.351. The first-order valence-corrected chi connectivity index (χ1v) is 10.6. The summed E-state index contributed by atoms with van der Waals surface area (Å²) in [5.41, 5.74) is 3.54. The van der Waals surface area contributed by atoms with E-state index in [1.54, 1.807) is 4.68 Å². The van der Waals surface area contributed by atoms with Crippen molar-refractivity contribution in [2.24, 2.45) is 0 Å². The molecular weight excluding hydrogens is 402 g/mol. The van der Waals surface area contributed by atoms with E-state index in [1.165, 1.54) is 0 Å². The number of ether oxygens (including phenoxy) is 1. The lowest BCUT2D eigenvalue weighted by Crippen LogP contribution is -2.36. The van der Waals surface area contributed by atoms with Crippen molar-refractivity contribution in [2.45, 2.75) is 0 Å². The number of nitrogens with one attached hydrogen (secondary N) is 1. The van der Waals surface area contributed by atoms with E-state index >= 15 is 0 Å². The normalized spacial score (nSPS) is 13.7. The molecule has 32 heavy (non-hydrogen) atoms. The molecule has 4 aromatic rings. The summed E-state index contributed by atoms with van der Waals surface area (Å²) in [5.74, 6) is 0.380. The van der Waals surface area contributed by atoms with Crippen molar-refractivity contribution in [1.82, 2.24) is 14.8 Å². The highest BCUT2D eigenvalue weighted by molar-refractivity contribution is 6.01. The molecule has 1 aromatic heterocycles. The van der Waals surface area contributed by atoms with E-state index in [-0.39, 0.29) is 11.7 Å². The average molecular weight is 425 g/mol. The maximum absolute atomic E-state index is 13.0. The Morgan fingerprint density at radius 1 is 0.812 bits per heavy atom. The Balaban J connectivity index is 1.39. The van der Waals surface area contributed by atoms with Gasteiger partial charge in [-0.25, -0.2) is 9.67 Å². The van der Waals surface area contributed by atoms with E-state index in [4.69, 9.17) is 4.74 Å². The summed E-state index contributed by atoms with van der Waals surface area (Å²) >= 11 is 0. The fourth-order valence-corrected chi connectivity index (χ4v) is 3.70. The predicted octanol–water partition coefficient (Wildman–Crippen LogP) is 4.02. The quantitative estimate of drug-likeness (QED) is 0.523. The van der Waals surface area contributed by atoms with Gasteiger partial charge < -0.3 is 15.0 Å². The summed E-state index contributed by atoms with van der Waals surface area (Å²) in [6.07, 6.45) is 0. The SMILES string of the molecule is O=C(Nc1ccc(N2CCOCC2)cc1)c1nc(-c2ccccc2)n(-c2ccccc2)n1.